The van der Waals surface area contributed by atoms with Crippen molar-refractivity contribution in [2.45, 2.75) is 26.3 Å². The van der Waals surface area contributed by atoms with E-state index in [2.05, 4.69) is 29.6 Å². The second-order valence-electron chi connectivity index (χ2n) is 6.45. The van der Waals surface area contributed by atoms with Crippen molar-refractivity contribution in [3.05, 3.63) is 47.7 Å². The van der Waals surface area contributed by atoms with Gasteiger partial charge in [-0.3, -0.25) is 10.1 Å². The van der Waals surface area contributed by atoms with Crippen molar-refractivity contribution < 1.29 is 9.59 Å². The molecule has 3 amide bonds. The fourth-order valence-electron chi connectivity index (χ4n) is 2.70. The van der Waals surface area contributed by atoms with Crippen molar-refractivity contribution in [2.24, 2.45) is 0 Å². The predicted octanol–water partition coefficient (Wildman–Crippen LogP) is 2.02. The van der Waals surface area contributed by atoms with E-state index in [0.717, 1.165) is 11.3 Å². The summed E-state index contributed by atoms with van der Waals surface area (Å²) in [7, 11) is 0. The molecule has 1 aromatic heterocycles. The van der Waals surface area contributed by atoms with Crippen molar-refractivity contribution in [1.29, 1.82) is 0 Å². The first-order valence-electron chi connectivity index (χ1n) is 8.47. The Hall–Kier alpha value is -2.83. The molecule has 1 aliphatic rings. The molecule has 2 aromatic rings. The summed E-state index contributed by atoms with van der Waals surface area (Å²) in [6, 6.07) is 11.6. The van der Waals surface area contributed by atoms with Gasteiger partial charge >= 0.3 is 6.03 Å². The summed E-state index contributed by atoms with van der Waals surface area (Å²) < 4.78 is 1.80. The number of benzene rings is 1. The summed E-state index contributed by atoms with van der Waals surface area (Å²) in [4.78, 5) is 25.5. The topological polar surface area (TPSA) is 79.3 Å². The van der Waals surface area contributed by atoms with Gasteiger partial charge in [0.2, 0.25) is 5.91 Å². The predicted molar refractivity (Wildman–Crippen MR) is 95.5 cm³/mol. The Morgan fingerprint density at radius 2 is 2.08 bits per heavy atom. The quantitative estimate of drug-likeness (QED) is 0.893. The minimum absolute atomic E-state index is 0.0791. The van der Waals surface area contributed by atoms with Crippen LogP contribution >= 0.6 is 0 Å². The maximum absolute atomic E-state index is 12.5. The first kappa shape index (κ1) is 17.0. The van der Waals surface area contributed by atoms with Gasteiger partial charge in [-0.1, -0.05) is 44.2 Å². The molecule has 0 radical (unpaired) electrons. The summed E-state index contributed by atoms with van der Waals surface area (Å²) in [5.41, 5.74) is 2.02. The number of aromatic nitrogens is 2. The largest absolute Gasteiger partial charge is 0.353 e. The Morgan fingerprint density at radius 1 is 1.32 bits per heavy atom. The molecule has 3 rings (SSSR count). The van der Waals surface area contributed by atoms with Crippen LogP contribution in [-0.4, -0.2) is 46.3 Å². The van der Waals surface area contributed by atoms with E-state index in [1.165, 1.54) is 4.90 Å². The Balaban J connectivity index is 1.79. The summed E-state index contributed by atoms with van der Waals surface area (Å²) >= 11 is 0. The first-order chi connectivity index (χ1) is 12.0. The van der Waals surface area contributed by atoms with Gasteiger partial charge < -0.3 is 10.2 Å². The van der Waals surface area contributed by atoms with Crippen LogP contribution in [0.4, 0.5) is 10.6 Å². The highest BCUT2D eigenvalue weighted by molar-refractivity contribution is 5.92. The maximum atomic E-state index is 12.5. The fourth-order valence-corrected chi connectivity index (χ4v) is 2.70. The molecule has 132 valence electrons. The number of piperazine rings is 1. The highest BCUT2D eigenvalue weighted by atomic mass is 16.2. The van der Waals surface area contributed by atoms with Gasteiger partial charge in [-0.25, -0.2) is 9.48 Å². The number of hydrogen-bond acceptors (Lipinski definition) is 3. The van der Waals surface area contributed by atoms with Crippen LogP contribution in [-0.2, 0) is 11.3 Å². The van der Waals surface area contributed by atoms with Crippen LogP contribution in [0.25, 0.3) is 0 Å². The molecule has 2 heterocycles. The third-order valence-corrected chi connectivity index (χ3v) is 4.13. The average Bonchev–Trinajstić information content (AvgIpc) is 2.98. The Kier molecular flexibility index (Phi) is 5.02. The van der Waals surface area contributed by atoms with Gasteiger partial charge in [0.05, 0.1) is 12.2 Å². The molecule has 0 aliphatic carbocycles. The second-order valence-corrected chi connectivity index (χ2v) is 6.45. The van der Waals surface area contributed by atoms with Gasteiger partial charge in [-0.15, -0.1) is 0 Å². The maximum Gasteiger partial charge on any atom is 0.323 e. The molecule has 1 fully saturated rings. The van der Waals surface area contributed by atoms with Gasteiger partial charge in [0.25, 0.3) is 0 Å². The second kappa shape index (κ2) is 7.38. The molecular formula is C18H23N5O2. The molecule has 0 saturated carbocycles. The Labute approximate surface area is 147 Å². The number of hydrogen-bond donors (Lipinski definition) is 2. The number of carbonyl (C=O) groups is 2. The Morgan fingerprint density at radius 3 is 2.76 bits per heavy atom. The molecule has 7 heteroatoms. The number of nitrogens with zero attached hydrogens (tertiary/aromatic N) is 3. The summed E-state index contributed by atoms with van der Waals surface area (Å²) in [5.74, 6) is 0.763. The molecule has 0 atom stereocenters. The average molecular weight is 341 g/mol. The molecule has 1 aromatic carbocycles. The third kappa shape index (κ3) is 4.17. The molecule has 0 spiro atoms. The number of rotatable bonds is 4. The number of nitrogens with one attached hydrogen (secondary N) is 2. The summed E-state index contributed by atoms with van der Waals surface area (Å²) in [6.07, 6.45) is 0. The van der Waals surface area contributed by atoms with Crippen molar-refractivity contribution in [3.8, 4) is 0 Å². The van der Waals surface area contributed by atoms with Gasteiger partial charge in [-0.05, 0) is 11.5 Å². The molecule has 7 nitrogen and oxygen atoms in total. The normalized spacial score (nSPS) is 14.5. The number of carbonyl (C=O) groups excluding carboxylic acids is 2. The van der Waals surface area contributed by atoms with Crippen LogP contribution in [0.2, 0.25) is 0 Å². The van der Waals surface area contributed by atoms with E-state index in [9.17, 15) is 9.59 Å². The van der Waals surface area contributed by atoms with Crippen LogP contribution in [0.5, 0.6) is 0 Å². The molecule has 0 bridgehead atoms. The molecular weight excluding hydrogens is 318 g/mol. The number of anilines is 1. The molecule has 0 unspecified atom stereocenters. The monoisotopic (exact) mass is 341 g/mol. The smallest absolute Gasteiger partial charge is 0.323 e. The summed E-state index contributed by atoms with van der Waals surface area (Å²) in [6.45, 7) is 5.76. The van der Waals surface area contributed by atoms with Gasteiger partial charge in [-0.2, -0.15) is 5.10 Å². The Bertz CT molecular complexity index is 754. The summed E-state index contributed by atoms with van der Waals surface area (Å²) in [5, 5.41) is 10.2. The number of urea groups is 1. The minimum atomic E-state index is -0.278. The highest BCUT2D eigenvalue weighted by Gasteiger charge is 2.22. The van der Waals surface area contributed by atoms with Gasteiger partial charge in [0, 0.05) is 19.2 Å². The van der Waals surface area contributed by atoms with E-state index in [-0.39, 0.29) is 24.4 Å². The SMILES string of the molecule is CC(C)c1cc(NC(=O)N2CCNC(=O)C2)n(Cc2ccccc2)n1. The van der Waals surface area contributed by atoms with E-state index in [0.29, 0.717) is 25.5 Å². The van der Waals surface area contributed by atoms with E-state index in [1.807, 2.05) is 36.4 Å². The lowest BCUT2D eigenvalue weighted by molar-refractivity contribution is -0.123. The number of amides is 3. The lowest BCUT2D eigenvalue weighted by atomic mass is 10.1. The van der Waals surface area contributed by atoms with Crippen molar-refractivity contribution in [3.63, 3.8) is 0 Å². The van der Waals surface area contributed by atoms with Crippen LogP contribution in [0.1, 0.15) is 31.0 Å². The van der Waals surface area contributed by atoms with Crippen LogP contribution in [0.15, 0.2) is 36.4 Å². The first-order valence-corrected chi connectivity index (χ1v) is 8.47. The third-order valence-electron chi connectivity index (χ3n) is 4.13. The van der Waals surface area contributed by atoms with E-state index >= 15 is 0 Å². The molecule has 2 N–H and O–H groups in total. The van der Waals surface area contributed by atoms with Crippen LogP contribution in [0.3, 0.4) is 0 Å². The standard InChI is InChI=1S/C18H23N5O2/c1-13(2)15-10-16(20-18(25)22-9-8-19-17(24)12-22)23(21-15)11-14-6-4-3-5-7-14/h3-7,10,13H,8-9,11-12H2,1-2H3,(H,19,24)(H,20,25). The zero-order valence-corrected chi connectivity index (χ0v) is 14.5. The van der Waals surface area contributed by atoms with E-state index < -0.39 is 0 Å². The van der Waals surface area contributed by atoms with Crippen molar-refractivity contribution in [2.75, 3.05) is 25.0 Å². The van der Waals surface area contributed by atoms with Crippen molar-refractivity contribution in [1.82, 2.24) is 20.0 Å². The van der Waals surface area contributed by atoms with E-state index in [4.69, 9.17) is 0 Å². The zero-order chi connectivity index (χ0) is 17.8. The molecule has 1 aliphatic heterocycles. The van der Waals surface area contributed by atoms with Gasteiger partial charge in [0.1, 0.15) is 12.4 Å². The van der Waals surface area contributed by atoms with E-state index in [1.54, 1.807) is 4.68 Å². The molecule has 1 saturated heterocycles. The fraction of sp³-hybridized carbons (Fsp3) is 0.389. The molecule has 25 heavy (non-hydrogen) atoms. The lowest BCUT2D eigenvalue weighted by Gasteiger charge is -2.26. The lowest BCUT2D eigenvalue weighted by Crippen LogP contribution is -2.51. The highest BCUT2D eigenvalue weighted by Crippen LogP contribution is 2.20. The zero-order valence-electron chi connectivity index (χ0n) is 14.5. The van der Waals surface area contributed by atoms with Crippen molar-refractivity contribution >= 4 is 17.8 Å². The van der Waals surface area contributed by atoms with Gasteiger partial charge in [0.15, 0.2) is 0 Å². The minimum Gasteiger partial charge on any atom is -0.353 e. The van der Waals surface area contributed by atoms with Crippen LogP contribution in [0, 0.1) is 0 Å². The van der Waals surface area contributed by atoms with Crippen LogP contribution < -0.4 is 10.6 Å².